The average Bonchev–Trinajstić information content (AvgIpc) is 2.82. The maximum absolute atomic E-state index is 10.7. The zero-order valence-electron chi connectivity index (χ0n) is 9.87. The van der Waals surface area contributed by atoms with Gasteiger partial charge in [-0.25, -0.2) is 4.98 Å². The lowest BCUT2D eigenvalue weighted by molar-refractivity contribution is -0.384. The van der Waals surface area contributed by atoms with Crippen molar-refractivity contribution >= 4 is 16.7 Å². The molecule has 0 spiro atoms. The molecule has 1 aromatic heterocycles. The van der Waals surface area contributed by atoms with Gasteiger partial charge in [0.05, 0.1) is 22.3 Å². The predicted octanol–water partition coefficient (Wildman–Crippen LogP) is 1.87. The second kappa shape index (κ2) is 4.38. The third kappa shape index (κ3) is 1.84. The summed E-state index contributed by atoms with van der Waals surface area (Å²) >= 11 is 0. The third-order valence-corrected chi connectivity index (χ3v) is 3.47. The van der Waals surface area contributed by atoms with Gasteiger partial charge in [0.1, 0.15) is 0 Å². The molecule has 1 aliphatic rings. The Balaban J connectivity index is 2.01. The van der Waals surface area contributed by atoms with E-state index in [1.54, 1.807) is 18.5 Å². The molecule has 18 heavy (non-hydrogen) atoms. The number of nitrogens with zero attached hydrogens (tertiary/aromatic N) is 3. The number of benzene rings is 1. The fraction of sp³-hybridized carbons (Fsp3) is 0.417. The molecule has 1 aliphatic heterocycles. The Morgan fingerprint density at radius 2 is 2.17 bits per heavy atom. The molecule has 0 bridgehead atoms. The van der Waals surface area contributed by atoms with Crippen LogP contribution >= 0.6 is 0 Å². The van der Waals surface area contributed by atoms with Crippen molar-refractivity contribution in [1.29, 1.82) is 0 Å². The molecule has 0 radical (unpaired) electrons. The van der Waals surface area contributed by atoms with Gasteiger partial charge in [-0.1, -0.05) is 0 Å². The van der Waals surface area contributed by atoms with Gasteiger partial charge in [0.15, 0.2) is 0 Å². The van der Waals surface area contributed by atoms with Crippen LogP contribution in [0.5, 0.6) is 0 Å². The van der Waals surface area contributed by atoms with Crippen LogP contribution in [0.15, 0.2) is 24.5 Å². The molecule has 6 nitrogen and oxygen atoms in total. The third-order valence-electron chi connectivity index (χ3n) is 3.47. The number of fused-ring (bicyclic) bond motifs is 1. The van der Waals surface area contributed by atoms with E-state index in [4.69, 9.17) is 0 Å². The lowest BCUT2D eigenvalue weighted by Crippen LogP contribution is -2.29. The van der Waals surface area contributed by atoms with E-state index in [1.807, 2.05) is 0 Å². The molecule has 0 saturated carbocycles. The molecule has 1 aromatic carbocycles. The normalized spacial score (nSPS) is 17.1. The standard InChI is InChI=1S/C12H14N4O2/c17-16(18)10-1-2-12-11(7-10)14-8-15(12)9-3-5-13-6-4-9/h1-2,7-9,13H,3-6H2. The van der Waals surface area contributed by atoms with Crippen molar-refractivity contribution in [3.8, 4) is 0 Å². The van der Waals surface area contributed by atoms with Crippen molar-refractivity contribution in [1.82, 2.24) is 14.9 Å². The molecule has 2 aromatic rings. The monoisotopic (exact) mass is 246 g/mol. The summed E-state index contributed by atoms with van der Waals surface area (Å²) in [5, 5.41) is 14.0. The van der Waals surface area contributed by atoms with E-state index in [-0.39, 0.29) is 10.6 Å². The molecule has 6 heteroatoms. The summed E-state index contributed by atoms with van der Waals surface area (Å²) in [5.41, 5.74) is 1.77. The number of imidazole rings is 1. The Bertz CT molecular complexity index is 587. The quantitative estimate of drug-likeness (QED) is 0.648. The van der Waals surface area contributed by atoms with Crippen LogP contribution in [0.4, 0.5) is 5.69 Å². The Hall–Kier alpha value is -1.95. The van der Waals surface area contributed by atoms with Gasteiger partial charge in [0.2, 0.25) is 0 Å². The zero-order valence-corrected chi connectivity index (χ0v) is 9.87. The van der Waals surface area contributed by atoms with E-state index in [9.17, 15) is 10.1 Å². The first-order chi connectivity index (χ1) is 8.75. The van der Waals surface area contributed by atoms with E-state index in [0.717, 1.165) is 31.4 Å². The maximum Gasteiger partial charge on any atom is 0.271 e. The van der Waals surface area contributed by atoms with Crippen LogP contribution in [0, 0.1) is 10.1 Å². The summed E-state index contributed by atoms with van der Waals surface area (Å²) in [5.74, 6) is 0. The lowest BCUT2D eigenvalue weighted by Gasteiger charge is -2.24. The molecule has 94 valence electrons. The van der Waals surface area contributed by atoms with Crippen LogP contribution in [0.1, 0.15) is 18.9 Å². The molecule has 0 aliphatic carbocycles. The number of rotatable bonds is 2. The summed E-state index contributed by atoms with van der Waals surface area (Å²) in [4.78, 5) is 14.6. The van der Waals surface area contributed by atoms with Crippen LogP contribution in [-0.2, 0) is 0 Å². The predicted molar refractivity (Wildman–Crippen MR) is 67.5 cm³/mol. The first-order valence-corrected chi connectivity index (χ1v) is 6.07. The second-order valence-electron chi connectivity index (χ2n) is 4.56. The molecule has 1 N–H and O–H groups in total. The fourth-order valence-electron chi connectivity index (χ4n) is 2.51. The number of nitro groups is 1. The first kappa shape index (κ1) is 11.2. The molecule has 0 atom stereocenters. The van der Waals surface area contributed by atoms with E-state index >= 15 is 0 Å². The molecule has 0 unspecified atom stereocenters. The molecule has 3 rings (SSSR count). The highest BCUT2D eigenvalue weighted by atomic mass is 16.6. The van der Waals surface area contributed by atoms with Gasteiger partial charge in [0.25, 0.3) is 5.69 Å². The van der Waals surface area contributed by atoms with E-state index < -0.39 is 0 Å². The lowest BCUT2D eigenvalue weighted by atomic mass is 10.1. The average molecular weight is 246 g/mol. The van der Waals surface area contributed by atoms with Crippen molar-refractivity contribution in [3.05, 3.63) is 34.6 Å². The maximum atomic E-state index is 10.7. The van der Waals surface area contributed by atoms with Gasteiger partial charge < -0.3 is 9.88 Å². The van der Waals surface area contributed by atoms with E-state index in [2.05, 4.69) is 14.9 Å². The number of piperidine rings is 1. The van der Waals surface area contributed by atoms with Crippen molar-refractivity contribution in [2.45, 2.75) is 18.9 Å². The largest absolute Gasteiger partial charge is 0.327 e. The summed E-state index contributed by atoms with van der Waals surface area (Å²) in [6.07, 6.45) is 3.94. The topological polar surface area (TPSA) is 73.0 Å². The minimum Gasteiger partial charge on any atom is -0.327 e. The highest BCUT2D eigenvalue weighted by Crippen LogP contribution is 2.26. The SMILES string of the molecule is O=[N+]([O-])c1ccc2c(c1)ncn2C1CCNCC1. The van der Waals surface area contributed by atoms with Crippen molar-refractivity contribution < 1.29 is 4.92 Å². The first-order valence-electron chi connectivity index (χ1n) is 6.07. The minimum atomic E-state index is -0.386. The van der Waals surface area contributed by atoms with Gasteiger partial charge in [-0.05, 0) is 32.0 Å². The summed E-state index contributed by atoms with van der Waals surface area (Å²) in [6.45, 7) is 2.02. The molecular formula is C12H14N4O2. The van der Waals surface area contributed by atoms with Crippen molar-refractivity contribution in [2.24, 2.45) is 0 Å². The number of hydrogen-bond donors (Lipinski definition) is 1. The molecule has 1 saturated heterocycles. The molecule has 2 heterocycles. The molecule has 1 fully saturated rings. The van der Waals surface area contributed by atoms with Crippen molar-refractivity contribution in [2.75, 3.05) is 13.1 Å². The highest BCUT2D eigenvalue weighted by Gasteiger charge is 2.18. The Morgan fingerprint density at radius 1 is 1.39 bits per heavy atom. The number of nitro benzene ring substituents is 1. The molecule has 0 amide bonds. The van der Waals surface area contributed by atoms with Crippen molar-refractivity contribution in [3.63, 3.8) is 0 Å². The number of aromatic nitrogens is 2. The minimum absolute atomic E-state index is 0.0954. The van der Waals surface area contributed by atoms with Gasteiger partial charge >= 0.3 is 0 Å². The van der Waals surface area contributed by atoms with Crippen LogP contribution in [0.2, 0.25) is 0 Å². The smallest absolute Gasteiger partial charge is 0.271 e. The summed E-state index contributed by atoms with van der Waals surface area (Å²) < 4.78 is 2.14. The Kier molecular flexibility index (Phi) is 2.71. The summed E-state index contributed by atoms with van der Waals surface area (Å²) in [7, 11) is 0. The van der Waals surface area contributed by atoms with Gasteiger partial charge in [0, 0.05) is 18.2 Å². The zero-order chi connectivity index (χ0) is 12.5. The van der Waals surface area contributed by atoms with Gasteiger partial charge in [-0.3, -0.25) is 10.1 Å². The van der Waals surface area contributed by atoms with E-state index in [1.165, 1.54) is 6.07 Å². The van der Waals surface area contributed by atoms with Gasteiger partial charge in [-0.2, -0.15) is 0 Å². The Morgan fingerprint density at radius 3 is 2.89 bits per heavy atom. The van der Waals surface area contributed by atoms with Crippen LogP contribution in [0.25, 0.3) is 11.0 Å². The number of nitrogens with one attached hydrogen (secondary N) is 1. The van der Waals surface area contributed by atoms with Crippen LogP contribution in [-0.4, -0.2) is 27.6 Å². The molecular weight excluding hydrogens is 232 g/mol. The number of hydrogen-bond acceptors (Lipinski definition) is 4. The highest BCUT2D eigenvalue weighted by molar-refractivity contribution is 5.78. The van der Waals surface area contributed by atoms with Gasteiger partial charge in [-0.15, -0.1) is 0 Å². The van der Waals surface area contributed by atoms with E-state index in [0.29, 0.717) is 11.6 Å². The second-order valence-corrected chi connectivity index (χ2v) is 4.56. The Labute approximate surface area is 104 Å². The number of non-ortho nitro benzene ring substituents is 1. The van der Waals surface area contributed by atoms with Crippen LogP contribution < -0.4 is 5.32 Å². The summed E-state index contributed by atoms with van der Waals surface area (Å²) in [6, 6.07) is 5.31. The fourth-order valence-corrected chi connectivity index (χ4v) is 2.51. The van der Waals surface area contributed by atoms with Crippen LogP contribution in [0.3, 0.4) is 0 Å².